The predicted octanol–water partition coefficient (Wildman–Crippen LogP) is 3.68. The summed E-state index contributed by atoms with van der Waals surface area (Å²) in [7, 11) is 1.75. The van der Waals surface area contributed by atoms with Crippen LogP contribution in [0.25, 0.3) is 0 Å². The van der Waals surface area contributed by atoms with Crippen LogP contribution in [0.15, 0.2) is 23.2 Å². The van der Waals surface area contributed by atoms with Gasteiger partial charge in [-0.05, 0) is 52.2 Å². The number of rotatable bonds is 3. The van der Waals surface area contributed by atoms with Crippen molar-refractivity contribution in [3.05, 3.63) is 35.4 Å². The first-order valence-electron chi connectivity index (χ1n) is 9.38. The van der Waals surface area contributed by atoms with Crippen LogP contribution in [0.5, 0.6) is 0 Å². The van der Waals surface area contributed by atoms with Gasteiger partial charge in [0, 0.05) is 37.7 Å². The van der Waals surface area contributed by atoms with Crippen molar-refractivity contribution in [1.82, 2.24) is 10.2 Å². The molecule has 2 fully saturated rings. The Morgan fingerprint density at radius 1 is 1.19 bits per heavy atom. The van der Waals surface area contributed by atoms with Crippen LogP contribution in [0.3, 0.4) is 0 Å². The number of guanidine groups is 1. The van der Waals surface area contributed by atoms with E-state index in [1.165, 1.54) is 18.2 Å². The Hall–Kier alpha value is -1.69. The first-order valence-corrected chi connectivity index (χ1v) is 9.38. The fourth-order valence-electron chi connectivity index (χ4n) is 3.69. The van der Waals surface area contributed by atoms with Gasteiger partial charge >= 0.3 is 0 Å². The molecule has 1 N–H and O–H groups in total. The van der Waals surface area contributed by atoms with Crippen molar-refractivity contribution in [2.24, 2.45) is 4.99 Å². The minimum absolute atomic E-state index is 0.0312. The molecule has 0 spiro atoms. The van der Waals surface area contributed by atoms with E-state index in [9.17, 15) is 8.78 Å². The molecule has 1 saturated heterocycles. The molecule has 1 aliphatic heterocycles. The standard InChI is InChI=1S/C20H29F2N3O/c1-20(2,3)26-13-8-10-25(11-9-13)19(23-4)24-17-12-14(17)18-15(21)6-5-7-16(18)22/h5-7,13-14,17H,8-12H2,1-4H3,(H,23,24). The third kappa shape index (κ3) is 4.53. The van der Waals surface area contributed by atoms with Gasteiger partial charge in [0.05, 0.1) is 11.7 Å². The fourth-order valence-corrected chi connectivity index (χ4v) is 3.69. The summed E-state index contributed by atoms with van der Waals surface area (Å²) in [5, 5.41) is 3.38. The number of nitrogens with zero attached hydrogens (tertiary/aromatic N) is 2. The molecule has 26 heavy (non-hydrogen) atoms. The second-order valence-electron chi connectivity index (χ2n) is 8.19. The Labute approximate surface area is 154 Å². The van der Waals surface area contributed by atoms with Crippen LogP contribution < -0.4 is 5.32 Å². The number of likely N-dealkylation sites (tertiary alicyclic amines) is 1. The molecule has 1 aliphatic carbocycles. The molecular weight excluding hydrogens is 336 g/mol. The van der Waals surface area contributed by atoms with Gasteiger partial charge in [-0.2, -0.15) is 0 Å². The Bertz CT molecular complexity index is 643. The molecule has 2 atom stereocenters. The average Bonchev–Trinajstić information content (AvgIpc) is 3.31. The van der Waals surface area contributed by atoms with E-state index in [1.54, 1.807) is 7.05 Å². The van der Waals surface area contributed by atoms with E-state index in [0.717, 1.165) is 38.3 Å². The van der Waals surface area contributed by atoms with Crippen LogP contribution in [-0.2, 0) is 4.74 Å². The van der Waals surface area contributed by atoms with Crippen LogP contribution in [0.4, 0.5) is 8.78 Å². The highest BCUT2D eigenvalue weighted by atomic mass is 19.1. The van der Waals surface area contributed by atoms with Gasteiger partial charge in [-0.15, -0.1) is 0 Å². The molecule has 144 valence electrons. The molecule has 0 bridgehead atoms. The number of halogens is 2. The lowest BCUT2D eigenvalue weighted by molar-refractivity contribution is -0.0772. The largest absolute Gasteiger partial charge is 0.372 e. The lowest BCUT2D eigenvalue weighted by Crippen LogP contribution is -2.48. The van der Waals surface area contributed by atoms with Crippen molar-refractivity contribution in [3.8, 4) is 0 Å². The quantitative estimate of drug-likeness (QED) is 0.656. The molecule has 0 amide bonds. The van der Waals surface area contributed by atoms with E-state index >= 15 is 0 Å². The first-order chi connectivity index (χ1) is 12.3. The van der Waals surface area contributed by atoms with E-state index in [1.807, 2.05) is 0 Å². The zero-order valence-electron chi connectivity index (χ0n) is 16.1. The van der Waals surface area contributed by atoms with Crippen LogP contribution in [0.2, 0.25) is 0 Å². The molecule has 4 nitrogen and oxygen atoms in total. The molecule has 2 unspecified atom stereocenters. The second kappa shape index (κ2) is 7.51. The Balaban J connectivity index is 1.54. The molecule has 0 radical (unpaired) electrons. The molecular formula is C20H29F2N3O. The summed E-state index contributed by atoms with van der Waals surface area (Å²) in [5.74, 6) is -0.248. The van der Waals surface area contributed by atoms with Crippen molar-refractivity contribution in [1.29, 1.82) is 0 Å². The molecule has 3 rings (SSSR count). The summed E-state index contributed by atoms with van der Waals surface area (Å²) in [4.78, 5) is 6.57. The maximum absolute atomic E-state index is 13.9. The zero-order valence-corrected chi connectivity index (χ0v) is 16.1. The zero-order chi connectivity index (χ0) is 18.9. The summed E-state index contributed by atoms with van der Waals surface area (Å²) >= 11 is 0. The Kier molecular flexibility index (Phi) is 5.51. The van der Waals surface area contributed by atoms with Gasteiger partial charge < -0.3 is 15.0 Å². The van der Waals surface area contributed by atoms with Crippen molar-refractivity contribution in [2.45, 2.75) is 63.7 Å². The van der Waals surface area contributed by atoms with Gasteiger partial charge in [-0.3, -0.25) is 4.99 Å². The number of hydrogen-bond donors (Lipinski definition) is 1. The SMILES string of the molecule is CN=C(NC1CC1c1c(F)cccc1F)N1CCC(OC(C)(C)C)CC1. The third-order valence-electron chi connectivity index (χ3n) is 4.95. The summed E-state index contributed by atoms with van der Waals surface area (Å²) in [5.41, 5.74) is 0.0652. The Morgan fingerprint density at radius 3 is 2.35 bits per heavy atom. The molecule has 1 aromatic rings. The maximum atomic E-state index is 13.9. The molecule has 0 aromatic heterocycles. The van der Waals surface area contributed by atoms with Gasteiger partial charge in [0.1, 0.15) is 11.6 Å². The third-order valence-corrected chi connectivity index (χ3v) is 4.95. The van der Waals surface area contributed by atoms with E-state index in [4.69, 9.17) is 4.74 Å². The van der Waals surface area contributed by atoms with E-state index in [2.05, 4.69) is 36.0 Å². The van der Waals surface area contributed by atoms with Gasteiger partial charge in [0.15, 0.2) is 5.96 Å². The van der Waals surface area contributed by atoms with Crippen molar-refractivity contribution < 1.29 is 13.5 Å². The smallest absolute Gasteiger partial charge is 0.193 e. The molecule has 1 saturated carbocycles. The first kappa shape index (κ1) is 19.1. The average molecular weight is 365 g/mol. The van der Waals surface area contributed by atoms with Crippen LogP contribution in [0.1, 0.15) is 51.5 Å². The summed E-state index contributed by atoms with van der Waals surface area (Å²) < 4.78 is 34.0. The summed E-state index contributed by atoms with van der Waals surface area (Å²) in [6.07, 6.45) is 2.90. The predicted molar refractivity (Wildman–Crippen MR) is 99.4 cm³/mol. The van der Waals surface area contributed by atoms with Crippen LogP contribution in [0, 0.1) is 11.6 Å². The van der Waals surface area contributed by atoms with Gasteiger partial charge in [-0.1, -0.05) is 6.07 Å². The van der Waals surface area contributed by atoms with Gasteiger partial charge in [-0.25, -0.2) is 8.78 Å². The molecule has 1 heterocycles. The van der Waals surface area contributed by atoms with E-state index in [0.29, 0.717) is 0 Å². The van der Waals surface area contributed by atoms with Crippen molar-refractivity contribution in [2.75, 3.05) is 20.1 Å². The summed E-state index contributed by atoms with van der Waals surface area (Å²) in [6, 6.07) is 4.08. The number of piperidine rings is 1. The number of ether oxygens (including phenoxy) is 1. The number of hydrogen-bond acceptors (Lipinski definition) is 2. The maximum Gasteiger partial charge on any atom is 0.193 e. The highest BCUT2D eigenvalue weighted by Crippen LogP contribution is 2.43. The van der Waals surface area contributed by atoms with Gasteiger partial charge in [0.2, 0.25) is 0 Å². The van der Waals surface area contributed by atoms with Crippen molar-refractivity contribution >= 4 is 5.96 Å². The lowest BCUT2D eigenvalue weighted by Gasteiger charge is -2.37. The minimum atomic E-state index is -0.463. The van der Waals surface area contributed by atoms with Crippen molar-refractivity contribution in [3.63, 3.8) is 0 Å². The molecule has 6 heteroatoms. The Morgan fingerprint density at radius 2 is 1.81 bits per heavy atom. The van der Waals surface area contributed by atoms with E-state index < -0.39 is 11.6 Å². The minimum Gasteiger partial charge on any atom is -0.372 e. The highest BCUT2D eigenvalue weighted by Gasteiger charge is 2.43. The van der Waals surface area contributed by atoms with Gasteiger partial charge in [0.25, 0.3) is 0 Å². The summed E-state index contributed by atoms with van der Waals surface area (Å²) in [6.45, 7) is 7.97. The van der Waals surface area contributed by atoms with Crippen LogP contribution >= 0.6 is 0 Å². The highest BCUT2D eigenvalue weighted by molar-refractivity contribution is 5.80. The lowest BCUT2D eigenvalue weighted by atomic mass is 10.1. The topological polar surface area (TPSA) is 36.9 Å². The number of benzene rings is 1. The normalized spacial score (nSPS) is 24.7. The molecule has 1 aromatic carbocycles. The number of nitrogens with one attached hydrogen (secondary N) is 1. The van der Waals surface area contributed by atoms with E-state index in [-0.39, 0.29) is 29.2 Å². The monoisotopic (exact) mass is 365 g/mol. The van der Waals surface area contributed by atoms with Crippen LogP contribution in [-0.4, -0.2) is 48.7 Å². The number of aliphatic imine (C=N–C) groups is 1. The molecule has 2 aliphatic rings. The fraction of sp³-hybridized carbons (Fsp3) is 0.650. The second-order valence-corrected chi connectivity index (χ2v) is 8.19.